The summed E-state index contributed by atoms with van der Waals surface area (Å²) in [5, 5.41) is 9.59. The van der Waals surface area contributed by atoms with Crippen molar-refractivity contribution in [3.8, 4) is 5.75 Å². The minimum atomic E-state index is 0.220. The van der Waals surface area contributed by atoms with Crippen molar-refractivity contribution in [1.82, 2.24) is 19.8 Å². The molecule has 0 radical (unpaired) electrons. The first-order valence-electron chi connectivity index (χ1n) is 10.3. The fourth-order valence-corrected chi connectivity index (χ4v) is 4.10. The average Bonchev–Trinajstić information content (AvgIpc) is 3.04. The molecule has 28 heavy (non-hydrogen) atoms. The van der Waals surface area contributed by atoms with Crippen molar-refractivity contribution in [3.63, 3.8) is 0 Å². The molecule has 1 aliphatic heterocycles. The van der Waals surface area contributed by atoms with Crippen LogP contribution in [0.5, 0.6) is 5.75 Å². The fourth-order valence-electron chi connectivity index (χ4n) is 4.10. The number of aliphatic hydroxyl groups excluding tert-OH is 1. The number of aryl methyl sites for hydroxylation is 3. The molecule has 1 fully saturated rings. The van der Waals surface area contributed by atoms with E-state index in [0.717, 1.165) is 68.4 Å². The number of aliphatic hydroxyl groups is 1. The first kappa shape index (κ1) is 20.8. The van der Waals surface area contributed by atoms with Gasteiger partial charge in [0.25, 0.3) is 0 Å². The number of nitrogens with zero attached hydrogens (tertiary/aromatic N) is 3. The van der Waals surface area contributed by atoms with Crippen molar-refractivity contribution in [1.29, 1.82) is 0 Å². The van der Waals surface area contributed by atoms with E-state index in [1.807, 2.05) is 6.07 Å². The van der Waals surface area contributed by atoms with Crippen LogP contribution >= 0.6 is 0 Å². The Labute approximate surface area is 168 Å². The molecule has 1 aromatic carbocycles. The largest absolute Gasteiger partial charge is 0.496 e. The third kappa shape index (κ3) is 4.93. The van der Waals surface area contributed by atoms with Crippen LogP contribution in [0, 0.1) is 13.8 Å². The third-order valence-corrected chi connectivity index (χ3v) is 5.74. The fraction of sp³-hybridized carbons (Fsp3) is 0.591. The summed E-state index contributed by atoms with van der Waals surface area (Å²) >= 11 is 0. The summed E-state index contributed by atoms with van der Waals surface area (Å²) in [7, 11) is 1.71. The van der Waals surface area contributed by atoms with Crippen LogP contribution in [0.2, 0.25) is 0 Å². The standard InChI is InChI=1S/C22H34N4O2/c1-5-22-23-17(3)20(24-22)15-25-9-10-26(19(14-25)8-11-27)13-18-6-7-21(28-4)16(2)12-18/h6-7,12,19,27H,5,8-11,13-15H2,1-4H3,(H,23,24)/t19-/m0/s1. The van der Waals surface area contributed by atoms with Gasteiger partial charge in [-0.3, -0.25) is 9.80 Å². The number of hydrogen-bond donors (Lipinski definition) is 2. The molecule has 6 heteroatoms. The summed E-state index contributed by atoms with van der Waals surface area (Å²) in [6.45, 7) is 11.3. The van der Waals surface area contributed by atoms with Crippen LogP contribution in [-0.2, 0) is 19.5 Å². The van der Waals surface area contributed by atoms with Crippen LogP contribution in [0.1, 0.15) is 41.7 Å². The van der Waals surface area contributed by atoms with Gasteiger partial charge in [0, 0.05) is 57.5 Å². The Hall–Kier alpha value is -1.89. The number of hydrogen-bond acceptors (Lipinski definition) is 5. The number of aromatic nitrogens is 2. The normalized spacial score (nSPS) is 18.5. The molecule has 154 valence electrons. The van der Waals surface area contributed by atoms with Crippen molar-refractivity contribution >= 4 is 0 Å². The number of benzene rings is 1. The minimum absolute atomic E-state index is 0.220. The number of rotatable bonds is 8. The Morgan fingerprint density at radius 1 is 1.25 bits per heavy atom. The number of ether oxygens (including phenoxy) is 1. The minimum Gasteiger partial charge on any atom is -0.496 e. The lowest BCUT2D eigenvalue weighted by Gasteiger charge is -2.41. The number of aromatic amines is 1. The van der Waals surface area contributed by atoms with Crippen molar-refractivity contribution < 1.29 is 9.84 Å². The van der Waals surface area contributed by atoms with E-state index >= 15 is 0 Å². The zero-order chi connectivity index (χ0) is 20.1. The van der Waals surface area contributed by atoms with Gasteiger partial charge in [0.2, 0.25) is 0 Å². The maximum absolute atomic E-state index is 9.59. The van der Waals surface area contributed by atoms with Gasteiger partial charge in [0.1, 0.15) is 11.6 Å². The van der Waals surface area contributed by atoms with Gasteiger partial charge >= 0.3 is 0 Å². The molecule has 3 rings (SSSR count). The third-order valence-electron chi connectivity index (χ3n) is 5.74. The van der Waals surface area contributed by atoms with Gasteiger partial charge in [-0.15, -0.1) is 0 Å². The summed E-state index contributed by atoms with van der Waals surface area (Å²) in [6.07, 6.45) is 1.73. The topological polar surface area (TPSA) is 64.6 Å². The van der Waals surface area contributed by atoms with Crippen molar-refractivity contribution in [2.75, 3.05) is 33.4 Å². The molecule has 1 aromatic heterocycles. The van der Waals surface area contributed by atoms with Crippen molar-refractivity contribution in [2.45, 2.75) is 52.7 Å². The number of H-pyrrole nitrogens is 1. The molecule has 0 spiro atoms. The lowest BCUT2D eigenvalue weighted by molar-refractivity contribution is 0.0493. The Balaban J connectivity index is 1.65. The highest BCUT2D eigenvalue weighted by atomic mass is 16.5. The van der Waals surface area contributed by atoms with E-state index in [1.165, 1.54) is 11.3 Å². The smallest absolute Gasteiger partial charge is 0.121 e. The maximum atomic E-state index is 9.59. The van der Waals surface area contributed by atoms with Gasteiger partial charge in [-0.1, -0.05) is 19.1 Å². The number of methoxy groups -OCH3 is 1. The van der Waals surface area contributed by atoms with Gasteiger partial charge in [-0.25, -0.2) is 4.98 Å². The van der Waals surface area contributed by atoms with E-state index in [9.17, 15) is 5.11 Å². The highest BCUT2D eigenvalue weighted by Crippen LogP contribution is 2.22. The SMILES string of the molecule is CCc1nc(CN2CCN(Cc3ccc(OC)c(C)c3)[C@@H](CCO)C2)c(C)[nH]1. The van der Waals surface area contributed by atoms with Crippen LogP contribution < -0.4 is 4.74 Å². The lowest BCUT2D eigenvalue weighted by Crippen LogP contribution is -2.52. The quantitative estimate of drug-likeness (QED) is 0.730. The van der Waals surface area contributed by atoms with Crippen molar-refractivity contribution in [3.05, 3.63) is 46.5 Å². The molecule has 1 saturated heterocycles. The number of imidazole rings is 1. The van der Waals surface area contributed by atoms with Gasteiger partial charge in [-0.2, -0.15) is 0 Å². The molecule has 6 nitrogen and oxygen atoms in total. The summed E-state index contributed by atoms with van der Waals surface area (Å²) in [5.41, 5.74) is 4.79. The van der Waals surface area contributed by atoms with Gasteiger partial charge in [0.15, 0.2) is 0 Å². The zero-order valence-corrected chi connectivity index (χ0v) is 17.7. The molecule has 0 amide bonds. The Kier molecular flexibility index (Phi) is 7.10. The second kappa shape index (κ2) is 9.54. The number of piperazine rings is 1. The molecule has 0 saturated carbocycles. The van der Waals surface area contributed by atoms with Crippen molar-refractivity contribution in [2.24, 2.45) is 0 Å². The summed E-state index contributed by atoms with van der Waals surface area (Å²) in [6, 6.07) is 6.76. The molecular weight excluding hydrogens is 352 g/mol. The van der Waals surface area contributed by atoms with E-state index in [4.69, 9.17) is 9.72 Å². The summed E-state index contributed by atoms with van der Waals surface area (Å²) in [5.74, 6) is 1.99. The van der Waals surface area contributed by atoms with E-state index in [2.05, 4.69) is 47.7 Å². The highest BCUT2D eigenvalue weighted by Gasteiger charge is 2.27. The van der Waals surface area contributed by atoms with Crippen LogP contribution in [0.25, 0.3) is 0 Å². The zero-order valence-electron chi connectivity index (χ0n) is 17.7. The highest BCUT2D eigenvalue weighted by molar-refractivity contribution is 5.36. The molecule has 2 N–H and O–H groups in total. The lowest BCUT2D eigenvalue weighted by atomic mass is 10.1. The van der Waals surface area contributed by atoms with Crippen LogP contribution in [-0.4, -0.2) is 64.3 Å². The second-order valence-electron chi connectivity index (χ2n) is 7.78. The van der Waals surface area contributed by atoms with Crippen LogP contribution in [0.15, 0.2) is 18.2 Å². The predicted molar refractivity (Wildman–Crippen MR) is 112 cm³/mol. The Bertz CT molecular complexity index is 774. The summed E-state index contributed by atoms with van der Waals surface area (Å²) < 4.78 is 5.38. The predicted octanol–water partition coefficient (Wildman–Crippen LogP) is 2.67. The molecule has 0 bridgehead atoms. The second-order valence-corrected chi connectivity index (χ2v) is 7.78. The van der Waals surface area contributed by atoms with E-state index in [1.54, 1.807) is 7.11 Å². The molecule has 2 aromatic rings. The first-order valence-corrected chi connectivity index (χ1v) is 10.3. The Morgan fingerprint density at radius 3 is 2.71 bits per heavy atom. The van der Waals surface area contributed by atoms with Gasteiger partial charge < -0.3 is 14.8 Å². The first-order chi connectivity index (χ1) is 13.5. The Morgan fingerprint density at radius 2 is 2.07 bits per heavy atom. The van der Waals surface area contributed by atoms with Crippen LogP contribution in [0.3, 0.4) is 0 Å². The average molecular weight is 387 g/mol. The summed E-state index contributed by atoms with van der Waals surface area (Å²) in [4.78, 5) is 13.1. The van der Waals surface area contributed by atoms with Gasteiger partial charge in [-0.05, 0) is 37.5 Å². The molecule has 2 heterocycles. The van der Waals surface area contributed by atoms with Crippen LogP contribution in [0.4, 0.5) is 0 Å². The van der Waals surface area contributed by atoms with E-state index in [0.29, 0.717) is 6.04 Å². The monoisotopic (exact) mass is 386 g/mol. The molecule has 0 aliphatic carbocycles. The molecule has 1 atom stereocenters. The number of nitrogens with one attached hydrogen (secondary N) is 1. The molecule has 1 aliphatic rings. The maximum Gasteiger partial charge on any atom is 0.121 e. The molecule has 0 unspecified atom stereocenters. The van der Waals surface area contributed by atoms with Gasteiger partial charge in [0.05, 0.1) is 12.8 Å². The molecular formula is C22H34N4O2. The van der Waals surface area contributed by atoms with E-state index < -0.39 is 0 Å². The van der Waals surface area contributed by atoms with E-state index in [-0.39, 0.29) is 6.61 Å².